The maximum Gasteiger partial charge on any atom is 0.230 e. The molecular formula is C16H18N4O2S2. The average Bonchev–Trinajstić information content (AvgIpc) is 3.18. The van der Waals surface area contributed by atoms with Crippen molar-refractivity contribution in [2.45, 2.75) is 31.2 Å². The first-order chi connectivity index (χ1) is 11.7. The van der Waals surface area contributed by atoms with E-state index in [2.05, 4.69) is 22.2 Å². The monoisotopic (exact) mass is 362 g/mol. The number of rotatable bonds is 6. The van der Waals surface area contributed by atoms with Crippen LogP contribution in [-0.4, -0.2) is 34.1 Å². The Bertz CT molecular complexity index is 730. The van der Waals surface area contributed by atoms with Crippen LogP contribution in [0.4, 0.5) is 10.8 Å². The Morgan fingerprint density at radius 1 is 1.46 bits per heavy atom. The van der Waals surface area contributed by atoms with Crippen molar-refractivity contribution in [3.05, 3.63) is 29.4 Å². The van der Waals surface area contributed by atoms with Crippen molar-refractivity contribution >= 4 is 45.7 Å². The predicted molar refractivity (Wildman–Crippen MR) is 96.7 cm³/mol. The van der Waals surface area contributed by atoms with E-state index in [9.17, 15) is 9.59 Å². The molecule has 8 heteroatoms. The van der Waals surface area contributed by atoms with Crippen LogP contribution in [0.25, 0.3) is 0 Å². The van der Waals surface area contributed by atoms with E-state index in [0.29, 0.717) is 29.5 Å². The van der Waals surface area contributed by atoms with Gasteiger partial charge < -0.3 is 5.32 Å². The number of nitrogens with one attached hydrogen (secondary N) is 1. The van der Waals surface area contributed by atoms with E-state index >= 15 is 0 Å². The fourth-order valence-corrected chi connectivity index (χ4v) is 3.86. The van der Waals surface area contributed by atoms with Gasteiger partial charge in [0.05, 0.1) is 29.0 Å². The molecule has 0 aliphatic carbocycles. The molecule has 24 heavy (non-hydrogen) atoms. The number of anilines is 2. The second-order valence-corrected chi connectivity index (χ2v) is 7.43. The molecule has 0 aromatic carbocycles. The third-order valence-electron chi connectivity index (χ3n) is 3.50. The maximum absolute atomic E-state index is 12.1. The topological polar surface area (TPSA) is 75.2 Å². The highest BCUT2D eigenvalue weighted by molar-refractivity contribution is 7.99. The Morgan fingerprint density at radius 2 is 2.33 bits per heavy atom. The van der Waals surface area contributed by atoms with Gasteiger partial charge in [-0.15, -0.1) is 23.1 Å². The molecule has 3 heterocycles. The standard InChI is InChI=1S/C16H18N4O2S2/c1-2-23-14-6-5-11(9-17-14)18-13(21)8-12-10-24-16(19-12)20-7-3-4-15(20)22/h5-6,9-10H,2-4,7-8H2,1H3,(H,18,21). The minimum Gasteiger partial charge on any atom is -0.324 e. The highest BCUT2D eigenvalue weighted by Gasteiger charge is 2.24. The van der Waals surface area contributed by atoms with Crippen LogP contribution in [-0.2, 0) is 16.0 Å². The molecule has 0 bridgehead atoms. The maximum atomic E-state index is 12.1. The van der Waals surface area contributed by atoms with Crippen molar-refractivity contribution in [1.82, 2.24) is 9.97 Å². The molecule has 1 N–H and O–H groups in total. The van der Waals surface area contributed by atoms with Gasteiger partial charge in [0.25, 0.3) is 0 Å². The lowest BCUT2D eigenvalue weighted by atomic mass is 10.3. The molecule has 0 radical (unpaired) electrons. The number of nitrogens with zero attached hydrogens (tertiary/aromatic N) is 3. The predicted octanol–water partition coefficient (Wildman–Crippen LogP) is 2.96. The van der Waals surface area contributed by atoms with Crippen LogP contribution < -0.4 is 10.2 Å². The fourth-order valence-electron chi connectivity index (χ4n) is 2.41. The first-order valence-electron chi connectivity index (χ1n) is 7.79. The lowest BCUT2D eigenvalue weighted by molar-refractivity contribution is -0.117. The Kier molecular flexibility index (Phi) is 5.47. The number of hydrogen-bond donors (Lipinski definition) is 1. The summed E-state index contributed by atoms with van der Waals surface area (Å²) in [4.78, 5) is 34.2. The van der Waals surface area contributed by atoms with Gasteiger partial charge in [-0.2, -0.15) is 0 Å². The molecule has 2 aromatic rings. The molecule has 3 rings (SSSR count). The highest BCUT2D eigenvalue weighted by Crippen LogP contribution is 2.25. The number of pyridine rings is 1. The summed E-state index contributed by atoms with van der Waals surface area (Å²) < 4.78 is 0. The molecule has 1 saturated heterocycles. The van der Waals surface area contributed by atoms with Gasteiger partial charge in [0.15, 0.2) is 5.13 Å². The van der Waals surface area contributed by atoms with Crippen LogP contribution in [0.5, 0.6) is 0 Å². The number of amides is 2. The van der Waals surface area contributed by atoms with Crippen LogP contribution in [0.1, 0.15) is 25.5 Å². The number of thioether (sulfide) groups is 1. The summed E-state index contributed by atoms with van der Waals surface area (Å²) in [7, 11) is 0. The second-order valence-electron chi connectivity index (χ2n) is 5.31. The molecule has 1 aliphatic rings. The zero-order valence-corrected chi connectivity index (χ0v) is 15.0. The van der Waals surface area contributed by atoms with Gasteiger partial charge in [0, 0.05) is 18.3 Å². The molecule has 2 aromatic heterocycles. The molecule has 0 unspecified atom stereocenters. The number of carbonyl (C=O) groups excluding carboxylic acids is 2. The van der Waals surface area contributed by atoms with Crippen LogP contribution in [0, 0.1) is 0 Å². The third-order valence-corrected chi connectivity index (χ3v) is 5.24. The quantitative estimate of drug-likeness (QED) is 0.800. The van der Waals surface area contributed by atoms with Gasteiger partial charge in [0.2, 0.25) is 11.8 Å². The summed E-state index contributed by atoms with van der Waals surface area (Å²) in [5, 5.41) is 6.28. The first-order valence-corrected chi connectivity index (χ1v) is 9.65. The number of hydrogen-bond acceptors (Lipinski definition) is 6. The smallest absolute Gasteiger partial charge is 0.230 e. The van der Waals surface area contributed by atoms with E-state index in [0.717, 1.165) is 17.2 Å². The van der Waals surface area contributed by atoms with E-state index in [1.807, 2.05) is 17.5 Å². The Morgan fingerprint density at radius 3 is 3.00 bits per heavy atom. The Labute approximate surface area is 148 Å². The van der Waals surface area contributed by atoms with Crippen molar-refractivity contribution in [3.8, 4) is 0 Å². The average molecular weight is 362 g/mol. The van der Waals surface area contributed by atoms with Gasteiger partial charge >= 0.3 is 0 Å². The second kappa shape index (κ2) is 7.76. The van der Waals surface area contributed by atoms with Crippen LogP contribution in [0.2, 0.25) is 0 Å². The molecule has 126 valence electrons. The lowest BCUT2D eigenvalue weighted by Gasteiger charge is -2.10. The summed E-state index contributed by atoms with van der Waals surface area (Å²) in [5.41, 5.74) is 1.35. The molecule has 1 aliphatic heterocycles. The van der Waals surface area contributed by atoms with Crippen molar-refractivity contribution in [1.29, 1.82) is 0 Å². The van der Waals surface area contributed by atoms with Crippen molar-refractivity contribution in [2.75, 3.05) is 22.5 Å². The van der Waals surface area contributed by atoms with Crippen LogP contribution in [0.15, 0.2) is 28.7 Å². The zero-order valence-electron chi connectivity index (χ0n) is 13.3. The molecular weight excluding hydrogens is 344 g/mol. The van der Waals surface area contributed by atoms with Gasteiger partial charge in [-0.1, -0.05) is 6.92 Å². The van der Waals surface area contributed by atoms with Crippen LogP contribution in [0.3, 0.4) is 0 Å². The van der Waals surface area contributed by atoms with E-state index in [1.54, 1.807) is 22.9 Å². The fraction of sp³-hybridized carbons (Fsp3) is 0.375. The van der Waals surface area contributed by atoms with E-state index < -0.39 is 0 Å². The SMILES string of the molecule is CCSc1ccc(NC(=O)Cc2csc(N3CCCC3=O)n2)cn1. The van der Waals surface area contributed by atoms with Crippen molar-refractivity contribution < 1.29 is 9.59 Å². The first kappa shape index (κ1) is 16.9. The molecule has 0 spiro atoms. The van der Waals surface area contributed by atoms with Gasteiger partial charge in [-0.05, 0) is 24.3 Å². The van der Waals surface area contributed by atoms with Crippen molar-refractivity contribution in [2.24, 2.45) is 0 Å². The van der Waals surface area contributed by atoms with E-state index in [1.165, 1.54) is 11.3 Å². The van der Waals surface area contributed by atoms with Gasteiger partial charge in [-0.25, -0.2) is 9.97 Å². The Hall–Kier alpha value is -1.93. The minimum absolute atomic E-state index is 0.108. The number of aromatic nitrogens is 2. The molecule has 1 fully saturated rings. The minimum atomic E-state index is -0.141. The summed E-state index contributed by atoms with van der Waals surface area (Å²) in [5.74, 6) is 0.929. The molecule has 6 nitrogen and oxygen atoms in total. The number of thiazole rings is 1. The Balaban J connectivity index is 1.57. The molecule has 0 saturated carbocycles. The van der Waals surface area contributed by atoms with Gasteiger partial charge in [-0.3, -0.25) is 14.5 Å². The summed E-state index contributed by atoms with van der Waals surface area (Å²) in [6.07, 6.45) is 3.29. The summed E-state index contributed by atoms with van der Waals surface area (Å²) in [6.45, 7) is 2.78. The lowest BCUT2D eigenvalue weighted by Crippen LogP contribution is -2.23. The highest BCUT2D eigenvalue weighted by atomic mass is 32.2. The van der Waals surface area contributed by atoms with E-state index in [4.69, 9.17) is 0 Å². The van der Waals surface area contributed by atoms with E-state index in [-0.39, 0.29) is 18.2 Å². The summed E-state index contributed by atoms with van der Waals surface area (Å²) in [6, 6.07) is 3.74. The largest absolute Gasteiger partial charge is 0.324 e. The van der Waals surface area contributed by atoms with Gasteiger partial charge in [0.1, 0.15) is 0 Å². The molecule has 2 amide bonds. The zero-order chi connectivity index (χ0) is 16.9. The third kappa shape index (κ3) is 4.12. The normalized spacial score (nSPS) is 14.2. The summed E-state index contributed by atoms with van der Waals surface area (Å²) >= 11 is 3.06. The molecule has 0 atom stereocenters. The number of carbonyl (C=O) groups is 2. The van der Waals surface area contributed by atoms with Crippen molar-refractivity contribution in [3.63, 3.8) is 0 Å². The van der Waals surface area contributed by atoms with Crippen LogP contribution >= 0.6 is 23.1 Å².